The molecule has 0 N–H and O–H groups in total. The highest BCUT2D eigenvalue weighted by Crippen LogP contribution is 2.39. The average Bonchev–Trinajstić information content (AvgIpc) is 1.77. The van der Waals surface area contributed by atoms with Gasteiger partial charge in [0.1, 0.15) is 0 Å². The van der Waals surface area contributed by atoms with Crippen LogP contribution in [0.2, 0.25) is 0 Å². The number of hydrogen-bond acceptors (Lipinski definition) is 0. The largest absolute Gasteiger partial charge is 0.389 e. The van der Waals surface area contributed by atoms with Crippen molar-refractivity contribution < 1.29 is 13.2 Å². The van der Waals surface area contributed by atoms with Gasteiger partial charge in [0.05, 0.1) is 0 Å². The van der Waals surface area contributed by atoms with Crippen LogP contribution in [0.5, 0.6) is 0 Å². The minimum Gasteiger partial charge on any atom is -0.171 e. The molecule has 0 aromatic carbocycles. The molecule has 0 spiro atoms. The summed E-state index contributed by atoms with van der Waals surface area (Å²) in [7, 11) is 0. The maximum atomic E-state index is 12.2. The standard InChI is InChI=1S/C10H19F3/c1-7(2)8(9(3,4)5)6-10(11,12)13/h7-8H,6H2,1-5H3. The predicted molar refractivity (Wildman–Crippen MR) is 48.5 cm³/mol. The summed E-state index contributed by atoms with van der Waals surface area (Å²) in [6.07, 6.45) is -4.71. The summed E-state index contributed by atoms with van der Waals surface area (Å²) in [6, 6.07) is 0. The highest BCUT2D eigenvalue weighted by molar-refractivity contribution is 4.78. The minimum absolute atomic E-state index is 0.0709. The molecular formula is C10H19F3. The minimum atomic E-state index is -4.04. The Labute approximate surface area is 78.5 Å². The monoisotopic (exact) mass is 196 g/mol. The van der Waals surface area contributed by atoms with E-state index in [9.17, 15) is 13.2 Å². The van der Waals surface area contributed by atoms with Crippen molar-refractivity contribution in [1.29, 1.82) is 0 Å². The van der Waals surface area contributed by atoms with Gasteiger partial charge in [-0.05, 0) is 17.3 Å². The van der Waals surface area contributed by atoms with Gasteiger partial charge in [0.25, 0.3) is 0 Å². The molecule has 0 saturated carbocycles. The maximum absolute atomic E-state index is 12.2. The molecule has 0 saturated heterocycles. The summed E-state index contributed by atoms with van der Waals surface area (Å²) >= 11 is 0. The van der Waals surface area contributed by atoms with Gasteiger partial charge >= 0.3 is 6.18 Å². The third kappa shape index (κ3) is 5.17. The molecule has 0 aliphatic rings. The lowest BCUT2D eigenvalue weighted by Crippen LogP contribution is -2.30. The van der Waals surface area contributed by atoms with Gasteiger partial charge in [-0.3, -0.25) is 0 Å². The van der Waals surface area contributed by atoms with Crippen LogP contribution in [0.15, 0.2) is 0 Å². The molecule has 0 heterocycles. The summed E-state index contributed by atoms with van der Waals surface area (Å²) in [5, 5.41) is 0. The van der Waals surface area contributed by atoms with Crippen molar-refractivity contribution >= 4 is 0 Å². The topological polar surface area (TPSA) is 0 Å². The SMILES string of the molecule is CC(C)C(CC(F)(F)F)C(C)(C)C. The lowest BCUT2D eigenvalue weighted by molar-refractivity contribution is -0.156. The van der Waals surface area contributed by atoms with Gasteiger partial charge in [0, 0.05) is 6.42 Å². The number of alkyl halides is 3. The Morgan fingerprint density at radius 1 is 1.00 bits per heavy atom. The Hall–Kier alpha value is -0.210. The van der Waals surface area contributed by atoms with E-state index in [4.69, 9.17) is 0 Å². The smallest absolute Gasteiger partial charge is 0.171 e. The molecule has 0 bridgehead atoms. The van der Waals surface area contributed by atoms with Crippen molar-refractivity contribution in [1.82, 2.24) is 0 Å². The summed E-state index contributed by atoms with van der Waals surface area (Å²) in [6.45, 7) is 9.29. The second-order valence-corrected chi connectivity index (χ2v) is 5.04. The first-order valence-corrected chi connectivity index (χ1v) is 4.61. The van der Waals surface area contributed by atoms with Crippen molar-refractivity contribution in [2.75, 3.05) is 0 Å². The summed E-state index contributed by atoms with van der Waals surface area (Å²) in [4.78, 5) is 0. The fraction of sp³-hybridized carbons (Fsp3) is 1.00. The van der Waals surface area contributed by atoms with Crippen LogP contribution in [0, 0.1) is 17.3 Å². The molecule has 3 heteroatoms. The van der Waals surface area contributed by atoms with Crippen molar-refractivity contribution in [3.05, 3.63) is 0 Å². The molecule has 0 aliphatic carbocycles. The first-order valence-electron chi connectivity index (χ1n) is 4.61. The number of rotatable bonds is 2. The van der Waals surface area contributed by atoms with Crippen molar-refractivity contribution in [3.8, 4) is 0 Å². The van der Waals surface area contributed by atoms with E-state index >= 15 is 0 Å². The molecule has 0 aromatic heterocycles. The Morgan fingerprint density at radius 2 is 1.38 bits per heavy atom. The van der Waals surface area contributed by atoms with Crippen LogP contribution in [-0.2, 0) is 0 Å². The van der Waals surface area contributed by atoms with Gasteiger partial charge in [-0.2, -0.15) is 13.2 Å². The van der Waals surface area contributed by atoms with E-state index in [0.29, 0.717) is 0 Å². The van der Waals surface area contributed by atoms with E-state index in [1.54, 1.807) is 0 Å². The fourth-order valence-electron chi connectivity index (χ4n) is 1.79. The van der Waals surface area contributed by atoms with Gasteiger partial charge in [-0.1, -0.05) is 34.6 Å². The van der Waals surface area contributed by atoms with Crippen LogP contribution in [-0.4, -0.2) is 6.18 Å². The second kappa shape index (κ2) is 3.89. The van der Waals surface area contributed by atoms with Crippen LogP contribution >= 0.6 is 0 Å². The second-order valence-electron chi connectivity index (χ2n) is 5.04. The zero-order valence-corrected chi connectivity index (χ0v) is 9.00. The van der Waals surface area contributed by atoms with E-state index in [2.05, 4.69) is 0 Å². The molecule has 0 aliphatic heterocycles. The molecule has 0 nitrogen and oxygen atoms in total. The summed E-state index contributed by atoms with van der Waals surface area (Å²) in [5.74, 6) is -0.228. The van der Waals surface area contributed by atoms with Gasteiger partial charge in [0.2, 0.25) is 0 Å². The molecule has 0 fully saturated rings. The lowest BCUT2D eigenvalue weighted by Gasteiger charge is -2.34. The van der Waals surface area contributed by atoms with E-state index in [0.717, 1.165) is 0 Å². The van der Waals surface area contributed by atoms with Gasteiger partial charge < -0.3 is 0 Å². The molecule has 80 valence electrons. The van der Waals surface area contributed by atoms with Crippen LogP contribution in [0.25, 0.3) is 0 Å². The molecule has 13 heavy (non-hydrogen) atoms. The van der Waals surface area contributed by atoms with Gasteiger partial charge in [0.15, 0.2) is 0 Å². The highest BCUT2D eigenvalue weighted by Gasteiger charge is 2.38. The van der Waals surface area contributed by atoms with Crippen LogP contribution in [0.4, 0.5) is 13.2 Å². The zero-order valence-electron chi connectivity index (χ0n) is 9.00. The Bertz CT molecular complexity index is 151. The quantitative estimate of drug-likeness (QED) is 0.619. The van der Waals surface area contributed by atoms with E-state index in [-0.39, 0.29) is 17.3 Å². The van der Waals surface area contributed by atoms with Crippen LogP contribution in [0.3, 0.4) is 0 Å². The fourth-order valence-corrected chi connectivity index (χ4v) is 1.79. The summed E-state index contributed by atoms with van der Waals surface area (Å²) < 4.78 is 36.6. The Kier molecular flexibility index (Phi) is 3.82. The van der Waals surface area contributed by atoms with E-state index in [1.165, 1.54) is 0 Å². The first kappa shape index (κ1) is 12.8. The molecule has 1 atom stereocenters. The lowest BCUT2D eigenvalue weighted by atomic mass is 9.72. The zero-order chi connectivity index (χ0) is 10.9. The molecule has 0 aromatic rings. The van der Waals surface area contributed by atoms with Crippen LogP contribution < -0.4 is 0 Å². The summed E-state index contributed by atoms with van der Waals surface area (Å²) in [5.41, 5.74) is -0.274. The predicted octanol–water partition coefficient (Wildman–Crippen LogP) is 4.26. The first-order chi connectivity index (χ1) is 5.54. The molecule has 0 amide bonds. The normalized spacial score (nSPS) is 16.4. The maximum Gasteiger partial charge on any atom is 0.389 e. The molecular weight excluding hydrogens is 177 g/mol. The Morgan fingerprint density at radius 3 is 1.46 bits per heavy atom. The number of halogens is 3. The third-order valence-electron chi connectivity index (χ3n) is 2.37. The highest BCUT2D eigenvalue weighted by atomic mass is 19.4. The average molecular weight is 196 g/mol. The van der Waals surface area contributed by atoms with Gasteiger partial charge in [-0.25, -0.2) is 0 Å². The van der Waals surface area contributed by atoms with Crippen molar-refractivity contribution in [3.63, 3.8) is 0 Å². The van der Waals surface area contributed by atoms with Gasteiger partial charge in [-0.15, -0.1) is 0 Å². The Balaban J connectivity index is 4.47. The van der Waals surface area contributed by atoms with Crippen LogP contribution in [0.1, 0.15) is 41.0 Å². The van der Waals surface area contributed by atoms with Crippen molar-refractivity contribution in [2.24, 2.45) is 17.3 Å². The molecule has 1 unspecified atom stereocenters. The molecule has 0 radical (unpaired) electrons. The molecule has 0 rings (SSSR count). The number of hydrogen-bond donors (Lipinski definition) is 0. The van der Waals surface area contributed by atoms with E-state index in [1.807, 2.05) is 34.6 Å². The van der Waals surface area contributed by atoms with E-state index < -0.39 is 12.6 Å². The van der Waals surface area contributed by atoms with Crippen molar-refractivity contribution in [2.45, 2.75) is 47.2 Å². The third-order valence-corrected chi connectivity index (χ3v) is 2.37.